The summed E-state index contributed by atoms with van der Waals surface area (Å²) in [4.78, 5) is 13.7. The summed E-state index contributed by atoms with van der Waals surface area (Å²) in [6, 6.07) is 11.6. The number of anilines is 3. The summed E-state index contributed by atoms with van der Waals surface area (Å²) >= 11 is 0. The summed E-state index contributed by atoms with van der Waals surface area (Å²) in [7, 11) is 0. The second-order valence-electron chi connectivity index (χ2n) is 11.1. The van der Waals surface area contributed by atoms with Gasteiger partial charge in [0, 0.05) is 64.8 Å². The Bertz CT molecular complexity index is 1600. The number of pyridine rings is 1. The Balaban J connectivity index is 1.20. The van der Waals surface area contributed by atoms with Crippen molar-refractivity contribution in [3.05, 3.63) is 100 Å². The van der Waals surface area contributed by atoms with E-state index in [1.165, 1.54) is 31.4 Å². The van der Waals surface area contributed by atoms with Crippen LogP contribution in [0.25, 0.3) is 0 Å². The molecule has 2 aliphatic rings. The Labute approximate surface area is 244 Å². The summed E-state index contributed by atoms with van der Waals surface area (Å²) in [6.07, 6.45) is 10.8. The molecule has 0 spiro atoms. The van der Waals surface area contributed by atoms with Crippen LogP contribution in [0.15, 0.2) is 54.9 Å². The van der Waals surface area contributed by atoms with Gasteiger partial charge in [0.05, 0.1) is 6.61 Å². The second-order valence-corrected chi connectivity index (χ2v) is 11.1. The van der Waals surface area contributed by atoms with E-state index in [9.17, 15) is 8.78 Å². The SMILES string of the molecule is Cc1cnccc1Nc1nc(C(=N)c2ccccc2NCc2c(F)cc(OCCC3CCC3)cc2F)nc2c1CCC2. The standard InChI is InChI=1S/C33H34F2N6O/c1-20-18-37-14-12-28(20)39-32-24-9-5-11-30(24)40-33(41-32)31(36)23-8-2-3-10-29(23)38-19-25-26(34)16-22(17-27(25)35)42-15-13-21-6-4-7-21/h2-3,8,10,12,14,16-18,21,36,38H,4-7,9,11,13,15,19H2,1H3,(H,37,39,40,41). The molecule has 4 aromatic rings. The fraction of sp³-hybridized carbons (Fsp3) is 0.333. The Morgan fingerprint density at radius 1 is 1.02 bits per heavy atom. The molecule has 7 nitrogen and oxygen atoms in total. The first-order valence-corrected chi connectivity index (χ1v) is 14.6. The van der Waals surface area contributed by atoms with Crippen molar-refractivity contribution in [2.75, 3.05) is 17.2 Å². The number of fused-ring (bicyclic) bond motifs is 1. The Kier molecular flexibility index (Phi) is 8.08. The molecule has 0 radical (unpaired) electrons. The molecule has 0 amide bonds. The Hall–Kier alpha value is -4.40. The van der Waals surface area contributed by atoms with Gasteiger partial charge in [0.1, 0.15) is 28.9 Å². The highest BCUT2D eigenvalue weighted by Crippen LogP contribution is 2.32. The molecule has 2 aliphatic carbocycles. The first-order valence-electron chi connectivity index (χ1n) is 14.6. The summed E-state index contributed by atoms with van der Waals surface area (Å²) < 4.78 is 35.5. The van der Waals surface area contributed by atoms with Crippen molar-refractivity contribution in [3.8, 4) is 5.75 Å². The zero-order valence-electron chi connectivity index (χ0n) is 23.6. The van der Waals surface area contributed by atoms with Crippen LogP contribution in [-0.2, 0) is 19.4 Å². The zero-order valence-corrected chi connectivity index (χ0v) is 23.6. The van der Waals surface area contributed by atoms with Gasteiger partial charge < -0.3 is 15.4 Å². The van der Waals surface area contributed by atoms with Crippen molar-refractivity contribution in [2.45, 2.75) is 58.4 Å². The lowest BCUT2D eigenvalue weighted by atomic mass is 9.83. The maximum absolute atomic E-state index is 14.9. The van der Waals surface area contributed by atoms with Gasteiger partial charge in [-0.3, -0.25) is 10.4 Å². The van der Waals surface area contributed by atoms with E-state index in [0.29, 0.717) is 35.4 Å². The number of ether oxygens (including phenoxy) is 1. The average molecular weight is 569 g/mol. The Morgan fingerprint density at radius 2 is 1.83 bits per heavy atom. The zero-order chi connectivity index (χ0) is 29.1. The molecule has 0 bridgehead atoms. The van der Waals surface area contributed by atoms with E-state index in [4.69, 9.17) is 20.1 Å². The predicted molar refractivity (Wildman–Crippen MR) is 160 cm³/mol. The minimum absolute atomic E-state index is 0.0873. The summed E-state index contributed by atoms with van der Waals surface area (Å²) in [5.74, 6) is 0.513. The number of hydrogen-bond acceptors (Lipinski definition) is 7. The third kappa shape index (κ3) is 5.95. The minimum atomic E-state index is -0.669. The number of aromatic nitrogens is 3. The fourth-order valence-corrected chi connectivity index (χ4v) is 5.51. The molecule has 0 aliphatic heterocycles. The summed E-state index contributed by atoms with van der Waals surface area (Å²) in [5, 5.41) is 15.6. The molecular weight excluding hydrogens is 534 g/mol. The van der Waals surface area contributed by atoms with Gasteiger partial charge in [-0.15, -0.1) is 0 Å². The molecule has 216 valence electrons. The largest absolute Gasteiger partial charge is 0.493 e. The van der Waals surface area contributed by atoms with E-state index in [1.807, 2.05) is 25.1 Å². The lowest BCUT2D eigenvalue weighted by Gasteiger charge is -2.25. The lowest BCUT2D eigenvalue weighted by molar-refractivity contribution is 0.221. The van der Waals surface area contributed by atoms with Crippen LogP contribution in [0.5, 0.6) is 5.75 Å². The van der Waals surface area contributed by atoms with Crippen molar-refractivity contribution in [3.63, 3.8) is 0 Å². The first kappa shape index (κ1) is 27.8. The minimum Gasteiger partial charge on any atom is -0.493 e. The van der Waals surface area contributed by atoms with Crippen molar-refractivity contribution < 1.29 is 13.5 Å². The number of nitrogens with zero attached hydrogens (tertiary/aromatic N) is 3. The molecule has 9 heteroatoms. The van der Waals surface area contributed by atoms with Gasteiger partial charge in [-0.1, -0.05) is 37.5 Å². The van der Waals surface area contributed by atoms with Crippen molar-refractivity contribution in [2.24, 2.45) is 5.92 Å². The van der Waals surface area contributed by atoms with Gasteiger partial charge in [-0.05, 0) is 56.2 Å². The van der Waals surface area contributed by atoms with Crippen LogP contribution < -0.4 is 15.4 Å². The van der Waals surface area contributed by atoms with Crippen LogP contribution in [0, 0.1) is 29.9 Å². The first-order chi connectivity index (χ1) is 20.5. The van der Waals surface area contributed by atoms with Crippen LogP contribution in [0.3, 0.4) is 0 Å². The van der Waals surface area contributed by atoms with Gasteiger partial charge >= 0.3 is 0 Å². The predicted octanol–water partition coefficient (Wildman–Crippen LogP) is 7.29. The number of rotatable bonds is 11. The van der Waals surface area contributed by atoms with E-state index in [0.717, 1.165) is 48.2 Å². The molecule has 0 unspecified atom stereocenters. The number of aryl methyl sites for hydroxylation is 2. The van der Waals surface area contributed by atoms with Crippen LogP contribution >= 0.6 is 0 Å². The number of benzene rings is 2. The molecule has 3 N–H and O–H groups in total. The Morgan fingerprint density at radius 3 is 2.60 bits per heavy atom. The normalized spacial score (nSPS) is 14.3. The third-order valence-corrected chi connectivity index (χ3v) is 8.22. The molecule has 0 saturated heterocycles. The molecule has 2 aromatic heterocycles. The van der Waals surface area contributed by atoms with Crippen LogP contribution in [0.2, 0.25) is 0 Å². The molecule has 1 saturated carbocycles. The maximum atomic E-state index is 14.9. The molecule has 2 heterocycles. The van der Waals surface area contributed by atoms with E-state index < -0.39 is 11.6 Å². The van der Waals surface area contributed by atoms with Gasteiger partial charge in [-0.2, -0.15) is 0 Å². The molecule has 1 fully saturated rings. The molecular formula is C33H34F2N6O. The summed E-state index contributed by atoms with van der Waals surface area (Å²) in [6.45, 7) is 2.34. The maximum Gasteiger partial charge on any atom is 0.180 e. The highest BCUT2D eigenvalue weighted by Gasteiger charge is 2.23. The van der Waals surface area contributed by atoms with E-state index >= 15 is 0 Å². The molecule has 6 rings (SSSR count). The number of para-hydroxylation sites is 1. The third-order valence-electron chi connectivity index (χ3n) is 8.22. The molecule has 2 aromatic carbocycles. The second kappa shape index (κ2) is 12.2. The highest BCUT2D eigenvalue weighted by atomic mass is 19.1. The number of hydrogen-bond donors (Lipinski definition) is 3. The van der Waals surface area contributed by atoms with Crippen molar-refractivity contribution >= 4 is 22.9 Å². The van der Waals surface area contributed by atoms with Gasteiger partial charge in [0.2, 0.25) is 0 Å². The monoisotopic (exact) mass is 568 g/mol. The van der Waals surface area contributed by atoms with Crippen molar-refractivity contribution in [1.82, 2.24) is 15.0 Å². The topological polar surface area (TPSA) is 95.8 Å². The number of halogens is 2. The average Bonchev–Trinajstić information content (AvgIpc) is 3.44. The van der Waals surface area contributed by atoms with Crippen LogP contribution in [-0.4, -0.2) is 27.3 Å². The molecule has 42 heavy (non-hydrogen) atoms. The summed E-state index contributed by atoms with van der Waals surface area (Å²) in [5.41, 5.74) is 5.02. The smallest absolute Gasteiger partial charge is 0.180 e. The van der Waals surface area contributed by atoms with Crippen LogP contribution in [0.4, 0.5) is 26.0 Å². The number of nitrogens with one attached hydrogen (secondary N) is 3. The van der Waals surface area contributed by atoms with Crippen LogP contribution in [0.1, 0.15) is 65.9 Å². The fourth-order valence-electron chi connectivity index (χ4n) is 5.51. The van der Waals surface area contributed by atoms with E-state index in [2.05, 4.69) is 15.6 Å². The van der Waals surface area contributed by atoms with E-state index in [-0.39, 0.29) is 23.6 Å². The van der Waals surface area contributed by atoms with E-state index in [1.54, 1.807) is 24.5 Å². The lowest BCUT2D eigenvalue weighted by Crippen LogP contribution is -2.15. The van der Waals surface area contributed by atoms with Gasteiger partial charge in [0.25, 0.3) is 0 Å². The van der Waals surface area contributed by atoms with Crippen molar-refractivity contribution in [1.29, 1.82) is 5.41 Å². The quantitative estimate of drug-likeness (QED) is 0.165. The van der Waals surface area contributed by atoms with Gasteiger partial charge in [-0.25, -0.2) is 18.7 Å². The molecule has 0 atom stereocenters. The van der Waals surface area contributed by atoms with Gasteiger partial charge in [0.15, 0.2) is 5.82 Å². The highest BCUT2D eigenvalue weighted by molar-refractivity contribution is 6.12.